The normalized spacial score (nSPS) is 10.6. The van der Waals surface area contributed by atoms with E-state index in [9.17, 15) is 9.59 Å². The molecule has 164 valence electrons. The Kier molecular flexibility index (Phi) is 5.87. The minimum absolute atomic E-state index is 0.187. The third-order valence-electron chi connectivity index (χ3n) is 5.62. The Morgan fingerprint density at radius 1 is 0.618 bits per heavy atom. The van der Waals surface area contributed by atoms with Gasteiger partial charge >= 0.3 is 0 Å². The van der Waals surface area contributed by atoms with Crippen LogP contribution in [0.2, 0.25) is 0 Å². The second-order valence-corrected chi connectivity index (χ2v) is 7.85. The highest BCUT2D eigenvalue weighted by Gasteiger charge is 2.27. The lowest BCUT2D eigenvalue weighted by Crippen LogP contribution is -2.28. The molecule has 5 aromatic rings. The van der Waals surface area contributed by atoms with Gasteiger partial charge in [0.2, 0.25) is 5.56 Å². The third kappa shape index (κ3) is 4.17. The van der Waals surface area contributed by atoms with Gasteiger partial charge in [0.1, 0.15) is 0 Å². The predicted octanol–water partition coefficient (Wildman–Crippen LogP) is 6.69. The van der Waals surface area contributed by atoms with E-state index in [-0.39, 0.29) is 11.5 Å². The molecule has 0 bridgehead atoms. The van der Waals surface area contributed by atoms with Crippen LogP contribution in [0.5, 0.6) is 0 Å². The quantitative estimate of drug-likeness (QED) is 0.330. The van der Waals surface area contributed by atoms with Gasteiger partial charge in [-0.2, -0.15) is 0 Å². The molecule has 0 saturated heterocycles. The van der Waals surface area contributed by atoms with Crippen molar-refractivity contribution < 1.29 is 4.79 Å². The molecule has 1 N–H and O–H groups in total. The summed E-state index contributed by atoms with van der Waals surface area (Å²) in [7, 11) is 0. The first-order valence-corrected chi connectivity index (χ1v) is 11.0. The fraction of sp³-hybridized carbons (Fsp3) is 0. The van der Waals surface area contributed by atoms with Crippen LogP contribution in [0.1, 0.15) is 10.4 Å². The van der Waals surface area contributed by atoms with Crippen LogP contribution in [0, 0.1) is 0 Å². The van der Waals surface area contributed by atoms with Crippen LogP contribution in [0.15, 0.2) is 132 Å². The van der Waals surface area contributed by atoms with Gasteiger partial charge in [0.05, 0.1) is 11.4 Å². The molecule has 0 unspecified atom stereocenters. The van der Waals surface area contributed by atoms with Gasteiger partial charge in [-0.15, -0.1) is 0 Å². The first kappa shape index (κ1) is 21.2. The lowest BCUT2D eigenvalue weighted by Gasteiger charge is -2.28. The number of para-hydroxylation sites is 1. The number of hydrogen-bond acceptors (Lipinski definition) is 2. The monoisotopic (exact) mass is 442 g/mol. The van der Waals surface area contributed by atoms with Gasteiger partial charge in [-0.3, -0.25) is 14.5 Å². The van der Waals surface area contributed by atoms with E-state index in [0.717, 1.165) is 11.1 Å². The average Bonchev–Trinajstić information content (AvgIpc) is 2.91. The van der Waals surface area contributed by atoms with Crippen molar-refractivity contribution >= 4 is 17.3 Å². The summed E-state index contributed by atoms with van der Waals surface area (Å²) < 4.78 is 0. The second kappa shape index (κ2) is 9.43. The molecule has 4 heteroatoms. The largest absolute Gasteiger partial charge is 0.320 e. The van der Waals surface area contributed by atoms with E-state index in [4.69, 9.17) is 0 Å². The number of nitrogens with zero attached hydrogens (tertiary/aromatic N) is 1. The van der Waals surface area contributed by atoms with Crippen LogP contribution < -0.4 is 10.5 Å². The van der Waals surface area contributed by atoms with E-state index in [0.29, 0.717) is 28.2 Å². The zero-order chi connectivity index (χ0) is 23.3. The smallest absolute Gasteiger partial charge is 0.262 e. The SMILES string of the molecule is O=C(c1ccccc1)N(c1ccccc1)c1c(-c2ccccc2)cc(=O)[nH]c1-c1ccccc1. The highest BCUT2D eigenvalue weighted by atomic mass is 16.2. The van der Waals surface area contributed by atoms with Crippen molar-refractivity contribution in [2.75, 3.05) is 4.90 Å². The van der Waals surface area contributed by atoms with E-state index in [1.54, 1.807) is 23.1 Å². The molecular weight excluding hydrogens is 420 g/mol. The molecule has 1 amide bonds. The van der Waals surface area contributed by atoms with E-state index >= 15 is 0 Å². The third-order valence-corrected chi connectivity index (χ3v) is 5.62. The molecular formula is C30H22N2O2. The standard InChI is InChI=1S/C30H22N2O2/c33-27-21-26(22-13-5-1-6-14-22)29(28(31-27)23-15-7-2-8-16-23)32(25-19-11-4-12-20-25)30(34)24-17-9-3-10-18-24/h1-21H,(H,31,33). The van der Waals surface area contributed by atoms with E-state index in [1.807, 2.05) is 109 Å². The summed E-state index contributed by atoms with van der Waals surface area (Å²) >= 11 is 0. The molecule has 0 aliphatic heterocycles. The molecule has 0 aliphatic rings. The fourth-order valence-electron chi connectivity index (χ4n) is 4.07. The molecule has 1 aromatic heterocycles. The van der Waals surface area contributed by atoms with Gasteiger partial charge in [-0.1, -0.05) is 97.1 Å². The second-order valence-electron chi connectivity index (χ2n) is 7.85. The number of pyridine rings is 1. The topological polar surface area (TPSA) is 53.2 Å². The number of anilines is 2. The first-order chi connectivity index (χ1) is 16.7. The molecule has 0 spiro atoms. The van der Waals surface area contributed by atoms with Crippen molar-refractivity contribution in [3.63, 3.8) is 0 Å². The van der Waals surface area contributed by atoms with Gasteiger partial charge < -0.3 is 4.98 Å². The summed E-state index contributed by atoms with van der Waals surface area (Å²) in [6.07, 6.45) is 0. The molecule has 0 fully saturated rings. The Bertz CT molecular complexity index is 1400. The Balaban J connectivity index is 1.86. The lowest BCUT2D eigenvalue weighted by atomic mass is 9.98. The molecule has 5 rings (SSSR count). The van der Waals surface area contributed by atoms with Crippen molar-refractivity contribution in [2.45, 2.75) is 0 Å². The van der Waals surface area contributed by atoms with Gasteiger partial charge in [-0.05, 0) is 29.8 Å². The summed E-state index contributed by atoms with van der Waals surface area (Å²) in [5.41, 5.74) is 4.57. The van der Waals surface area contributed by atoms with Gasteiger partial charge in [-0.25, -0.2) is 0 Å². The molecule has 0 aliphatic carbocycles. The molecule has 4 nitrogen and oxygen atoms in total. The van der Waals surface area contributed by atoms with Crippen molar-refractivity contribution in [2.24, 2.45) is 0 Å². The minimum Gasteiger partial charge on any atom is -0.320 e. The Hall–Kier alpha value is -4.70. The Morgan fingerprint density at radius 3 is 1.71 bits per heavy atom. The number of hydrogen-bond donors (Lipinski definition) is 1. The van der Waals surface area contributed by atoms with Gasteiger partial charge in [0.15, 0.2) is 0 Å². The van der Waals surface area contributed by atoms with Crippen LogP contribution >= 0.6 is 0 Å². The van der Waals surface area contributed by atoms with Crippen LogP contribution in [-0.4, -0.2) is 10.9 Å². The number of rotatable bonds is 5. The summed E-state index contributed by atoms with van der Waals surface area (Å²) in [4.78, 5) is 31.6. The number of carbonyl (C=O) groups is 1. The van der Waals surface area contributed by atoms with E-state index in [1.165, 1.54) is 0 Å². The number of aromatic nitrogens is 1. The Morgan fingerprint density at radius 2 is 1.12 bits per heavy atom. The maximum atomic E-state index is 14.0. The first-order valence-electron chi connectivity index (χ1n) is 11.0. The molecule has 0 atom stereocenters. The summed E-state index contributed by atoms with van der Waals surface area (Å²) in [6.45, 7) is 0. The zero-order valence-corrected chi connectivity index (χ0v) is 18.4. The summed E-state index contributed by atoms with van der Waals surface area (Å²) in [5, 5.41) is 0. The highest BCUT2D eigenvalue weighted by molar-refractivity contribution is 6.14. The minimum atomic E-state index is -0.235. The number of nitrogens with one attached hydrogen (secondary N) is 1. The predicted molar refractivity (Wildman–Crippen MR) is 137 cm³/mol. The summed E-state index contributed by atoms with van der Waals surface area (Å²) in [6, 6.07) is 39.5. The maximum absolute atomic E-state index is 14.0. The van der Waals surface area contributed by atoms with Crippen LogP contribution in [0.4, 0.5) is 11.4 Å². The molecule has 34 heavy (non-hydrogen) atoms. The van der Waals surface area contributed by atoms with Gasteiger partial charge in [0, 0.05) is 28.4 Å². The number of carbonyl (C=O) groups excluding carboxylic acids is 1. The Labute approximate surface area is 197 Å². The molecule has 0 radical (unpaired) electrons. The van der Waals surface area contributed by atoms with Crippen molar-refractivity contribution in [1.29, 1.82) is 0 Å². The molecule has 0 saturated carbocycles. The van der Waals surface area contributed by atoms with Gasteiger partial charge in [0.25, 0.3) is 5.91 Å². The highest BCUT2D eigenvalue weighted by Crippen LogP contribution is 2.41. The van der Waals surface area contributed by atoms with E-state index in [2.05, 4.69) is 4.98 Å². The van der Waals surface area contributed by atoms with Crippen molar-refractivity contribution in [3.05, 3.63) is 143 Å². The van der Waals surface area contributed by atoms with E-state index < -0.39 is 0 Å². The van der Waals surface area contributed by atoms with Crippen molar-refractivity contribution in [3.8, 4) is 22.4 Å². The molecule has 1 heterocycles. The number of benzene rings is 4. The summed E-state index contributed by atoms with van der Waals surface area (Å²) in [5.74, 6) is -0.187. The van der Waals surface area contributed by atoms with Crippen LogP contribution in [0.25, 0.3) is 22.4 Å². The number of amides is 1. The van der Waals surface area contributed by atoms with Crippen LogP contribution in [0.3, 0.4) is 0 Å². The molecule has 4 aromatic carbocycles. The average molecular weight is 443 g/mol. The number of H-pyrrole nitrogens is 1. The van der Waals surface area contributed by atoms with Crippen molar-refractivity contribution in [1.82, 2.24) is 4.98 Å². The number of aromatic amines is 1. The maximum Gasteiger partial charge on any atom is 0.262 e. The zero-order valence-electron chi connectivity index (χ0n) is 18.4. The van der Waals surface area contributed by atoms with Crippen LogP contribution in [-0.2, 0) is 0 Å². The lowest BCUT2D eigenvalue weighted by molar-refractivity contribution is 0.0999. The fourth-order valence-corrected chi connectivity index (χ4v) is 4.07.